The minimum Gasteiger partial charge on any atom is -0.492 e. The molecular weight excluding hydrogens is 424 g/mol. The Balaban J connectivity index is 1.75. The predicted molar refractivity (Wildman–Crippen MR) is 119 cm³/mol. The summed E-state index contributed by atoms with van der Waals surface area (Å²) in [7, 11) is -3.76. The number of hydrogen-bond acceptors (Lipinski definition) is 4. The Labute approximate surface area is 183 Å². The lowest BCUT2D eigenvalue weighted by molar-refractivity contribution is -0.120. The van der Waals surface area contributed by atoms with Crippen LogP contribution in [0.15, 0.2) is 47.4 Å². The molecule has 2 aromatic rings. The molecule has 2 aromatic carbocycles. The third-order valence-electron chi connectivity index (χ3n) is 5.25. The lowest BCUT2D eigenvalue weighted by Gasteiger charge is -2.31. The van der Waals surface area contributed by atoms with Gasteiger partial charge in [-0.15, -0.1) is 0 Å². The van der Waals surface area contributed by atoms with Gasteiger partial charge < -0.3 is 10.1 Å². The number of piperidine rings is 1. The number of para-hydroxylation sites is 1. The summed E-state index contributed by atoms with van der Waals surface area (Å²) in [5, 5.41) is 3.23. The molecule has 0 spiro atoms. The number of nitrogens with one attached hydrogen (secondary N) is 1. The number of ether oxygens (including phenoxy) is 1. The Kier molecular flexibility index (Phi) is 7.39. The number of halogens is 1. The number of nitrogens with zero attached hydrogens (tertiary/aromatic N) is 1. The first-order valence-electron chi connectivity index (χ1n) is 10.2. The van der Waals surface area contributed by atoms with Gasteiger partial charge in [-0.3, -0.25) is 4.79 Å². The van der Waals surface area contributed by atoms with Gasteiger partial charge in [-0.1, -0.05) is 36.7 Å². The zero-order valence-electron chi connectivity index (χ0n) is 17.2. The van der Waals surface area contributed by atoms with Crippen molar-refractivity contribution >= 4 is 33.2 Å². The highest BCUT2D eigenvalue weighted by atomic mass is 35.5. The van der Waals surface area contributed by atoms with Gasteiger partial charge in [-0.25, -0.2) is 8.42 Å². The summed E-state index contributed by atoms with van der Waals surface area (Å²) in [6, 6.07) is 12.1. The van der Waals surface area contributed by atoms with Crippen molar-refractivity contribution in [2.45, 2.75) is 38.0 Å². The van der Waals surface area contributed by atoms with Crippen molar-refractivity contribution in [3.8, 4) is 5.75 Å². The molecule has 6 nitrogen and oxygen atoms in total. The number of carbonyl (C=O) groups is 1. The van der Waals surface area contributed by atoms with Crippen molar-refractivity contribution < 1.29 is 17.9 Å². The highest BCUT2D eigenvalue weighted by molar-refractivity contribution is 7.89. The topological polar surface area (TPSA) is 75.7 Å². The van der Waals surface area contributed by atoms with Crippen LogP contribution >= 0.6 is 11.6 Å². The van der Waals surface area contributed by atoms with Crippen molar-refractivity contribution in [2.24, 2.45) is 5.92 Å². The highest BCUT2D eigenvalue weighted by Gasteiger charge is 2.33. The number of anilines is 1. The smallest absolute Gasteiger partial charge is 0.243 e. The van der Waals surface area contributed by atoms with E-state index in [2.05, 4.69) is 5.32 Å². The maximum atomic E-state index is 13.1. The van der Waals surface area contributed by atoms with Crippen LogP contribution in [0.5, 0.6) is 5.75 Å². The third-order valence-corrected chi connectivity index (χ3v) is 7.41. The summed E-state index contributed by atoms with van der Waals surface area (Å²) in [5.74, 6) is -0.110. The molecule has 0 unspecified atom stereocenters. The molecule has 1 amide bonds. The number of carbonyl (C=O) groups excluding carboxylic acids is 1. The lowest BCUT2D eigenvalue weighted by Crippen LogP contribution is -2.43. The van der Waals surface area contributed by atoms with E-state index in [0.717, 1.165) is 17.7 Å². The zero-order valence-corrected chi connectivity index (χ0v) is 18.8. The van der Waals surface area contributed by atoms with Crippen molar-refractivity contribution in [3.63, 3.8) is 0 Å². The van der Waals surface area contributed by atoms with E-state index in [0.29, 0.717) is 31.7 Å². The second-order valence-corrected chi connectivity index (χ2v) is 9.57. The number of rotatable bonds is 7. The Bertz CT molecular complexity index is 1010. The molecule has 1 N–H and O–H groups in total. The molecule has 1 aliphatic rings. The van der Waals surface area contributed by atoms with Crippen molar-refractivity contribution in [1.82, 2.24) is 4.31 Å². The van der Waals surface area contributed by atoms with Gasteiger partial charge in [0.15, 0.2) is 0 Å². The highest BCUT2D eigenvalue weighted by Crippen LogP contribution is 2.31. The van der Waals surface area contributed by atoms with Gasteiger partial charge in [0.05, 0.1) is 22.4 Å². The Hall–Kier alpha value is -2.09. The van der Waals surface area contributed by atoms with Crippen LogP contribution < -0.4 is 10.1 Å². The van der Waals surface area contributed by atoms with Gasteiger partial charge in [0.25, 0.3) is 0 Å². The second kappa shape index (κ2) is 9.81. The largest absolute Gasteiger partial charge is 0.492 e. The normalized spacial score (nSPS) is 17.5. The molecule has 3 rings (SSSR count). The van der Waals surface area contributed by atoms with E-state index in [-0.39, 0.29) is 22.4 Å². The van der Waals surface area contributed by atoms with Crippen molar-refractivity contribution in [2.75, 3.05) is 25.0 Å². The molecule has 30 heavy (non-hydrogen) atoms. The quantitative estimate of drug-likeness (QED) is 0.680. The Morgan fingerprint density at radius 2 is 2.00 bits per heavy atom. The van der Waals surface area contributed by atoms with Crippen molar-refractivity contribution in [3.05, 3.63) is 53.1 Å². The summed E-state index contributed by atoms with van der Waals surface area (Å²) in [6.45, 7) is 4.83. The van der Waals surface area contributed by atoms with Crippen LogP contribution in [-0.4, -0.2) is 38.3 Å². The summed E-state index contributed by atoms with van der Waals surface area (Å²) < 4.78 is 33.0. The maximum Gasteiger partial charge on any atom is 0.243 e. The van der Waals surface area contributed by atoms with Gasteiger partial charge in [0, 0.05) is 18.8 Å². The van der Waals surface area contributed by atoms with Crippen LogP contribution in [0.1, 0.15) is 32.3 Å². The van der Waals surface area contributed by atoms with Crippen LogP contribution in [0.25, 0.3) is 0 Å². The van der Waals surface area contributed by atoms with Gasteiger partial charge in [0.1, 0.15) is 5.75 Å². The molecule has 1 fully saturated rings. The molecule has 0 aromatic heterocycles. The van der Waals surface area contributed by atoms with E-state index in [1.54, 1.807) is 6.07 Å². The van der Waals surface area contributed by atoms with E-state index in [1.807, 2.05) is 38.1 Å². The molecule has 0 aliphatic carbocycles. The summed E-state index contributed by atoms with van der Waals surface area (Å²) >= 11 is 6.18. The lowest BCUT2D eigenvalue weighted by atomic mass is 9.98. The van der Waals surface area contributed by atoms with Crippen LogP contribution in [0.4, 0.5) is 5.69 Å². The number of sulfonamides is 1. The minimum absolute atomic E-state index is 0.105. The summed E-state index contributed by atoms with van der Waals surface area (Å²) in [6.07, 6.45) is 2.08. The SMILES string of the molecule is CCOc1ccc(S(=O)(=O)N2CCC[C@@H](C(=O)Nc3ccccc3CC)C2)cc1Cl. The van der Waals surface area contributed by atoms with Gasteiger partial charge in [-0.05, 0) is 56.0 Å². The first kappa shape index (κ1) is 22.6. The van der Waals surface area contributed by atoms with E-state index < -0.39 is 15.9 Å². The average Bonchev–Trinajstić information content (AvgIpc) is 2.75. The fraction of sp³-hybridized carbons (Fsp3) is 0.409. The first-order valence-corrected chi connectivity index (χ1v) is 12.0. The number of hydrogen-bond donors (Lipinski definition) is 1. The van der Waals surface area contributed by atoms with E-state index in [1.165, 1.54) is 16.4 Å². The minimum atomic E-state index is -3.76. The molecular formula is C22H27ClN2O4S. The van der Waals surface area contributed by atoms with Gasteiger partial charge >= 0.3 is 0 Å². The fourth-order valence-electron chi connectivity index (χ4n) is 3.62. The van der Waals surface area contributed by atoms with E-state index in [9.17, 15) is 13.2 Å². The number of aryl methyl sites for hydroxylation is 1. The molecule has 1 heterocycles. The predicted octanol–water partition coefficient (Wildman–Crippen LogP) is 4.34. The van der Waals surface area contributed by atoms with Crippen LogP contribution in [-0.2, 0) is 21.2 Å². The standard InChI is InChI=1S/C22H27ClN2O4S/c1-3-16-8-5-6-10-20(16)24-22(26)17-9-7-13-25(15-17)30(27,28)18-11-12-21(29-4-2)19(23)14-18/h5-6,8,10-12,14,17H,3-4,7,9,13,15H2,1-2H3,(H,24,26)/t17-/m1/s1. The molecule has 0 bridgehead atoms. The van der Waals surface area contributed by atoms with E-state index in [4.69, 9.17) is 16.3 Å². The molecule has 162 valence electrons. The molecule has 1 atom stereocenters. The fourth-order valence-corrected chi connectivity index (χ4v) is 5.47. The van der Waals surface area contributed by atoms with Crippen LogP contribution in [0, 0.1) is 5.92 Å². The Morgan fingerprint density at radius 1 is 1.23 bits per heavy atom. The second-order valence-electron chi connectivity index (χ2n) is 7.23. The van der Waals surface area contributed by atoms with Crippen molar-refractivity contribution in [1.29, 1.82) is 0 Å². The molecule has 1 aliphatic heterocycles. The molecule has 0 radical (unpaired) electrons. The Morgan fingerprint density at radius 3 is 2.70 bits per heavy atom. The van der Waals surface area contributed by atoms with Gasteiger partial charge in [0.2, 0.25) is 15.9 Å². The third kappa shape index (κ3) is 4.96. The maximum absolute atomic E-state index is 13.1. The summed E-state index contributed by atoms with van der Waals surface area (Å²) in [5.41, 5.74) is 1.83. The molecule has 1 saturated heterocycles. The van der Waals surface area contributed by atoms with Gasteiger partial charge in [-0.2, -0.15) is 4.31 Å². The zero-order chi connectivity index (χ0) is 21.7. The summed E-state index contributed by atoms with van der Waals surface area (Å²) in [4.78, 5) is 13.0. The van der Waals surface area contributed by atoms with Crippen LogP contribution in [0.3, 0.4) is 0 Å². The average molecular weight is 451 g/mol. The number of amides is 1. The monoisotopic (exact) mass is 450 g/mol. The molecule has 8 heteroatoms. The molecule has 0 saturated carbocycles. The first-order chi connectivity index (χ1) is 14.4. The van der Waals surface area contributed by atoms with E-state index >= 15 is 0 Å². The number of benzene rings is 2. The van der Waals surface area contributed by atoms with Crippen LogP contribution in [0.2, 0.25) is 5.02 Å².